The van der Waals surface area contributed by atoms with Crippen molar-refractivity contribution in [3.05, 3.63) is 0 Å². The molecule has 0 aromatic heterocycles. The van der Waals surface area contributed by atoms with E-state index in [0.717, 1.165) is 0 Å². The zero-order valence-electron chi connectivity index (χ0n) is 8.52. The first-order valence-electron chi connectivity index (χ1n) is 4.67. The molecule has 82 valence electrons. The van der Waals surface area contributed by atoms with Crippen molar-refractivity contribution < 1.29 is 14.3 Å². The molecule has 3 amide bonds. The van der Waals surface area contributed by atoms with Crippen LogP contribution in [0.5, 0.6) is 0 Å². The highest BCUT2D eigenvalue weighted by Crippen LogP contribution is 2.07. The zero-order valence-corrected chi connectivity index (χ0v) is 8.52. The highest BCUT2D eigenvalue weighted by Gasteiger charge is 2.31. The molecule has 15 heavy (non-hydrogen) atoms. The molecule has 1 saturated heterocycles. The topological polar surface area (TPSA) is 82.4 Å². The van der Waals surface area contributed by atoms with Crippen LogP contribution in [0.2, 0.25) is 0 Å². The Bertz CT molecular complexity index is 297. The monoisotopic (exact) mass is 211 g/mol. The Labute approximate surface area is 87.8 Å². The second kappa shape index (κ2) is 5.32. The van der Waals surface area contributed by atoms with E-state index in [-0.39, 0.29) is 6.54 Å². The van der Waals surface area contributed by atoms with Crippen LogP contribution in [0.1, 0.15) is 6.42 Å². The van der Waals surface area contributed by atoms with Crippen molar-refractivity contribution in [2.45, 2.75) is 6.42 Å². The van der Waals surface area contributed by atoms with Gasteiger partial charge >= 0.3 is 6.03 Å². The maximum atomic E-state index is 11.3. The summed E-state index contributed by atoms with van der Waals surface area (Å²) in [4.78, 5) is 23.9. The van der Waals surface area contributed by atoms with E-state index in [1.165, 1.54) is 4.90 Å². The van der Waals surface area contributed by atoms with Gasteiger partial charge in [-0.2, -0.15) is 5.26 Å². The molecular formula is C9H13N3O3. The summed E-state index contributed by atoms with van der Waals surface area (Å²) < 4.78 is 4.85. The van der Waals surface area contributed by atoms with Crippen LogP contribution >= 0.6 is 0 Å². The number of urea groups is 1. The van der Waals surface area contributed by atoms with E-state index in [2.05, 4.69) is 5.32 Å². The number of nitrogens with zero attached hydrogens (tertiary/aromatic N) is 2. The van der Waals surface area contributed by atoms with E-state index in [1.807, 2.05) is 6.07 Å². The Balaban J connectivity index is 2.47. The summed E-state index contributed by atoms with van der Waals surface area (Å²) in [7, 11) is 1.58. The molecule has 0 bridgehead atoms. The second-order valence-corrected chi connectivity index (χ2v) is 3.27. The summed E-state index contributed by atoms with van der Waals surface area (Å²) >= 11 is 0. The predicted molar refractivity (Wildman–Crippen MR) is 50.7 cm³/mol. The average Bonchev–Trinajstić information content (AvgIpc) is 2.21. The van der Waals surface area contributed by atoms with E-state index in [4.69, 9.17) is 10.00 Å². The SMILES string of the molecule is COCCCN1CC(C#N)C(=O)NC1=O. The minimum atomic E-state index is -0.759. The van der Waals surface area contributed by atoms with Gasteiger partial charge in [0.15, 0.2) is 0 Å². The minimum absolute atomic E-state index is 0.172. The van der Waals surface area contributed by atoms with Crippen molar-refractivity contribution in [1.29, 1.82) is 5.26 Å². The van der Waals surface area contributed by atoms with Gasteiger partial charge in [-0.3, -0.25) is 10.1 Å². The predicted octanol–water partition coefficient (Wildman–Crippen LogP) is -0.286. The average molecular weight is 211 g/mol. The first-order valence-corrected chi connectivity index (χ1v) is 4.67. The third-order valence-electron chi connectivity index (χ3n) is 2.17. The van der Waals surface area contributed by atoms with Crippen molar-refractivity contribution in [3.8, 4) is 6.07 Å². The van der Waals surface area contributed by atoms with Gasteiger partial charge < -0.3 is 9.64 Å². The van der Waals surface area contributed by atoms with Crippen LogP contribution in [0.15, 0.2) is 0 Å². The lowest BCUT2D eigenvalue weighted by atomic mass is 10.1. The summed E-state index contributed by atoms with van der Waals surface area (Å²) in [5.41, 5.74) is 0. The van der Waals surface area contributed by atoms with E-state index in [9.17, 15) is 9.59 Å². The smallest absolute Gasteiger partial charge is 0.324 e. The number of nitriles is 1. The Morgan fingerprint density at radius 1 is 1.67 bits per heavy atom. The third-order valence-corrected chi connectivity index (χ3v) is 2.17. The Morgan fingerprint density at radius 2 is 2.40 bits per heavy atom. The fraction of sp³-hybridized carbons (Fsp3) is 0.667. The number of carbonyl (C=O) groups excluding carboxylic acids is 2. The van der Waals surface area contributed by atoms with Gasteiger partial charge in [0, 0.05) is 26.8 Å². The Hall–Kier alpha value is -1.61. The maximum Gasteiger partial charge on any atom is 0.324 e. The molecule has 1 unspecified atom stereocenters. The molecule has 1 heterocycles. The lowest BCUT2D eigenvalue weighted by molar-refractivity contribution is -0.124. The van der Waals surface area contributed by atoms with Gasteiger partial charge in [-0.15, -0.1) is 0 Å². The van der Waals surface area contributed by atoms with Crippen molar-refractivity contribution in [2.75, 3.05) is 26.8 Å². The fourth-order valence-corrected chi connectivity index (χ4v) is 1.35. The Morgan fingerprint density at radius 3 is 3.00 bits per heavy atom. The summed E-state index contributed by atoms with van der Waals surface area (Å²) in [5.74, 6) is -1.27. The molecular weight excluding hydrogens is 198 g/mol. The molecule has 0 spiro atoms. The number of amides is 3. The molecule has 0 aromatic rings. The number of methoxy groups -OCH3 is 1. The van der Waals surface area contributed by atoms with Crippen molar-refractivity contribution in [1.82, 2.24) is 10.2 Å². The minimum Gasteiger partial charge on any atom is -0.385 e. The number of nitrogens with one attached hydrogen (secondary N) is 1. The standard InChI is InChI=1S/C9H13N3O3/c1-15-4-2-3-12-6-7(5-10)8(13)11-9(12)14/h7H,2-4,6H2,1H3,(H,11,13,14). The molecule has 0 saturated carbocycles. The molecule has 0 aromatic carbocycles. The van der Waals surface area contributed by atoms with Gasteiger partial charge in [-0.25, -0.2) is 4.79 Å². The molecule has 0 aliphatic carbocycles. The van der Waals surface area contributed by atoms with Gasteiger partial charge in [0.05, 0.1) is 6.07 Å². The van der Waals surface area contributed by atoms with E-state index < -0.39 is 17.9 Å². The van der Waals surface area contributed by atoms with Gasteiger partial charge in [0.2, 0.25) is 5.91 Å². The number of ether oxygens (including phenoxy) is 1. The molecule has 1 aliphatic heterocycles. The molecule has 1 atom stereocenters. The van der Waals surface area contributed by atoms with Crippen LogP contribution in [-0.4, -0.2) is 43.6 Å². The van der Waals surface area contributed by atoms with E-state index in [0.29, 0.717) is 19.6 Å². The van der Waals surface area contributed by atoms with Gasteiger partial charge in [0.1, 0.15) is 5.92 Å². The summed E-state index contributed by atoms with van der Waals surface area (Å²) in [6, 6.07) is 1.43. The largest absolute Gasteiger partial charge is 0.385 e. The van der Waals surface area contributed by atoms with Crippen LogP contribution in [0.25, 0.3) is 0 Å². The normalized spacial score (nSPS) is 21.1. The van der Waals surface area contributed by atoms with Crippen molar-refractivity contribution in [2.24, 2.45) is 5.92 Å². The van der Waals surface area contributed by atoms with Crippen LogP contribution in [0, 0.1) is 17.2 Å². The zero-order chi connectivity index (χ0) is 11.3. The Kier molecular flexibility index (Phi) is 4.06. The summed E-state index contributed by atoms with van der Waals surface area (Å²) in [5, 5.41) is 10.8. The van der Waals surface area contributed by atoms with Crippen LogP contribution in [-0.2, 0) is 9.53 Å². The maximum absolute atomic E-state index is 11.3. The summed E-state index contributed by atoms with van der Waals surface area (Å²) in [6.45, 7) is 1.21. The van der Waals surface area contributed by atoms with E-state index in [1.54, 1.807) is 7.11 Å². The lowest BCUT2D eigenvalue weighted by Crippen LogP contribution is -2.54. The number of rotatable bonds is 4. The van der Waals surface area contributed by atoms with Crippen molar-refractivity contribution >= 4 is 11.9 Å². The van der Waals surface area contributed by atoms with Crippen LogP contribution < -0.4 is 5.32 Å². The lowest BCUT2D eigenvalue weighted by Gasteiger charge is -2.28. The first kappa shape index (κ1) is 11.5. The third kappa shape index (κ3) is 2.92. The molecule has 1 rings (SSSR count). The van der Waals surface area contributed by atoms with Crippen molar-refractivity contribution in [3.63, 3.8) is 0 Å². The van der Waals surface area contributed by atoms with Crippen LogP contribution in [0.4, 0.5) is 4.79 Å². The number of imide groups is 1. The number of hydrogen-bond acceptors (Lipinski definition) is 4. The van der Waals surface area contributed by atoms with Gasteiger partial charge in [-0.1, -0.05) is 0 Å². The van der Waals surface area contributed by atoms with E-state index >= 15 is 0 Å². The fourth-order valence-electron chi connectivity index (χ4n) is 1.35. The second-order valence-electron chi connectivity index (χ2n) is 3.27. The van der Waals surface area contributed by atoms with Gasteiger partial charge in [0.25, 0.3) is 0 Å². The molecule has 1 fully saturated rings. The first-order chi connectivity index (χ1) is 7.19. The quantitative estimate of drug-likeness (QED) is 0.648. The molecule has 0 radical (unpaired) electrons. The van der Waals surface area contributed by atoms with Gasteiger partial charge in [-0.05, 0) is 6.42 Å². The van der Waals surface area contributed by atoms with Crippen LogP contribution in [0.3, 0.4) is 0 Å². The molecule has 1 N–H and O–H groups in total. The number of hydrogen-bond donors (Lipinski definition) is 1. The molecule has 6 heteroatoms. The number of carbonyl (C=O) groups is 2. The summed E-state index contributed by atoms with van der Waals surface area (Å²) in [6.07, 6.45) is 0.691. The molecule has 6 nitrogen and oxygen atoms in total. The highest BCUT2D eigenvalue weighted by atomic mass is 16.5. The highest BCUT2D eigenvalue weighted by molar-refractivity contribution is 5.99. The molecule has 1 aliphatic rings.